The third-order valence-electron chi connectivity index (χ3n) is 2.85. The number of thiophene rings is 1. The average Bonchev–Trinajstić information content (AvgIpc) is 2.75. The summed E-state index contributed by atoms with van der Waals surface area (Å²) in [5, 5.41) is 0. The normalized spacial score (nSPS) is 12.4. The predicted octanol–water partition coefficient (Wildman–Crippen LogP) is 3.66. The number of hydrogen-bond donors (Lipinski definition) is 0. The summed E-state index contributed by atoms with van der Waals surface area (Å²) >= 11 is 1.46. The Morgan fingerprint density at radius 2 is 1.89 bits per heavy atom. The van der Waals surface area contributed by atoms with Crippen molar-refractivity contribution < 1.29 is 9.00 Å². The van der Waals surface area contributed by atoms with Gasteiger partial charge in [0.15, 0.2) is 5.78 Å². The zero-order chi connectivity index (χ0) is 14.0. The SMILES string of the molecule is Cc1ccc(S(=O)CC(=O)c2ccc(C)s2)c(C)c1. The van der Waals surface area contributed by atoms with Crippen LogP contribution in [0.2, 0.25) is 0 Å². The molecule has 1 unspecified atom stereocenters. The quantitative estimate of drug-likeness (QED) is 0.806. The van der Waals surface area contributed by atoms with Crippen molar-refractivity contribution in [2.75, 3.05) is 5.75 Å². The van der Waals surface area contributed by atoms with Crippen LogP contribution in [0.5, 0.6) is 0 Å². The maximum Gasteiger partial charge on any atom is 0.185 e. The number of aryl methyl sites for hydroxylation is 3. The molecule has 0 aliphatic rings. The third-order valence-corrected chi connectivity index (χ3v) is 5.37. The Bertz CT molecular complexity index is 641. The van der Waals surface area contributed by atoms with E-state index in [4.69, 9.17) is 0 Å². The molecule has 2 rings (SSSR count). The third kappa shape index (κ3) is 3.39. The van der Waals surface area contributed by atoms with Crippen LogP contribution >= 0.6 is 11.3 Å². The van der Waals surface area contributed by atoms with Gasteiger partial charge in [0.1, 0.15) is 0 Å². The molecule has 0 bridgehead atoms. The van der Waals surface area contributed by atoms with Gasteiger partial charge < -0.3 is 0 Å². The van der Waals surface area contributed by atoms with E-state index in [1.165, 1.54) is 11.3 Å². The maximum absolute atomic E-state index is 12.3. The van der Waals surface area contributed by atoms with Gasteiger partial charge in [-0.2, -0.15) is 0 Å². The molecule has 0 fully saturated rings. The molecule has 0 N–H and O–H groups in total. The lowest BCUT2D eigenvalue weighted by molar-refractivity contribution is 0.102. The molecule has 0 saturated heterocycles. The van der Waals surface area contributed by atoms with E-state index >= 15 is 0 Å². The molecule has 0 saturated carbocycles. The minimum Gasteiger partial charge on any atom is -0.292 e. The first-order valence-electron chi connectivity index (χ1n) is 6.02. The summed E-state index contributed by atoms with van der Waals surface area (Å²) in [5.41, 5.74) is 2.12. The van der Waals surface area contributed by atoms with Gasteiger partial charge in [-0.3, -0.25) is 9.00 Å². The number of benzene rings is 1. The number of rotatable bonds is 4. The van der Waals surface area contributed by atoms with Crippen LogP contribution in [0.4, 0.5) is 0 Å². The van der Waals surface area contributed by atoms with Crippen LogP contribution in [-0.4, -0.2) is 15.7 Å². The Morgan fingerprint density at radius 3 is 2.47 bits per heavy atom. The highest BCUT2D eigenvalue weighted by Gasteiger charge is 2.15. The van der Waals surface area contributed by atoms with Gasteiger partial charge in [-0.25, -0.2) is 0 Å². The van der Waals surface area contributed by atoms with Gasteiger partial charge in [-0.1, -0.05) is 17.7 Å². The smallest absolute Gasteiger partial charge is 0.185 e. The van der Waals surface area contributed by atoms with Crippen LogP contribution in [0.25, 0.3) is 0 Å². The van der Waals surface area contributed by atoms with Crippen LogP contribution in [0.3, 0.4) is 0 Å². The Kier molecular flexibility index (Phi) is 4.32. The van der Waals surface area contributed by atoms with E-state index in [-0.39, 0.29) is 11.5 Å². The van der Waals surface area contributed by atoms with Crippen molar-refractivity contribution in [1.82, 2.24) is 0 Å². The molecule has 1 aromatic carbocycles. The molecule has 0 spiro atoms. The van der Waals surface area contributed by atoms with Gasteiger partial charge in [-0.05, 0) is 44.5 Å². The summed E-state index contributed by atoms with van der Waals surface area (Å²) in [6.45, 7) is 5.89. The monoisotopic (exact) mass is 292 g/mol. The molecular weight excluding hydrogens is 276 g/mol. The van der Waals surface area contributed by atoms with Crippen molar-refractivity contribution in [3.63, 3.8) is 0 Å². The first-order chi connectivity index (χ1) is 8.97. The highest BCUT2D eigenvalue weighted by molar-refractivity contribution is 7.85. The molecule has 0 aliphatic carbocycles. The fourth-order valence-corrected chi connectivity index (χ4v) is 3.99. The highest BCUT2D eigenvalue weighted by atomic mass is 32.2. The van der Waals surface area contributed by atoms with E-state index in [1.807, 2.05) is 51.1 Å². The summed E-state index contributed by atoms with van der Waals surface area (Å²) in [5.74, 6) is 0.0144. The van der Waals surface area contributed by atoms with Crippen molar-refractivity contribution in [2.45, 2.75) is 25.7 Å². The van der Waals surface area contributed by atoms with Crippen LogP contribution in [-0.2, 0) is 10.8 Å². The summed E-state index contributed by atoms with van der Waals surface area (Å²) in [6.07, 6.45) is 0. The number of carbonyl (C=O) groups is 1. The molecule has 2 nitrogen and oxygen atoms in total. The molecule has 0 amide bonds. The summed E-state index contributed by atoms with van der Waals surface area (Å²) in [6, 6.07) is 9.50. The van der Waals surface area contributed by atoms with E-state index in [0.717, 1.165) is 20.9 Å². The minimum atomic E-state index is -1.27. The number of Topliss-reactive ketones (excluding diaryl/α,β-unsaturated/α-hetero) is 1. The van der Waals surface area contributed by atoms with Gasteiger partial charge >= 0.3 is 0 Å². The van der Waals surface area contributed by atoms with Crippen molar-refractivity contribution in [3.05, 3.63) is 51.2 Å². The number of carbonyl (C=O) groups excluding carboxylic acids is 1. The van der Waals surface area contributed by atoms with Crippen LogP contribution in [0.15, 0.2) is 35.2 Å². The zero-order valence-corrected chi connectivity index (χ0v) is 12.9. The molecule has 2 aromatic rings. The standard InChI is InChI=1S/C15H16O2S2/c1-10-4-7-15(11(2)8-10)19(17)9-13(16)14-6-5-12(3)18-14/h4-8H,9H2,1-3H3. The lowest BCUT2D eigenvalue weighted by Gasteiger charge is -2.06. The van der Waals surface area contributed by atoms with E-state index in [9.17, 15) is 9.00 Å². The fraction of sp³-hybridized carbons (Fsp3) is 0.267. The highest BCUT2D eigenvalue weighted by Crippen LogP contribution is 2.19. The molecule has 1 heterocycles. The second kappa shape index (κ2) is 5.80. The Labute approximate surface area is 119 Å². The predicted molar refractivity (Wildman–Crippen MR) is 80.6 cm³/mol. The Hall–Kier alpha value is -1.26. The van der Waals surface area contributed by atoms with Gasteiger partial charge in [0, 0.05) is 9.77 Å². The van der Waals surface area contributed by atoms with Crippen LogP contribution in [0, 0.1) is 20.8 Å². The summed E-state index contributed by atoms with van der Waals surface area (Å²) < 4.78 is 12.3. The molecule has 19 heavy (non-hydrogen) atoms. The van der Waals surface area contributed by atoms with Crippen molar-refractivity contribution in [2.24, 2.45) is 0 Å². The average molecular weight is 292 g/mol. The van der Waals surface area contributed by atoms with Crippen molar-refractivity contribution in [3.8, 4) is 0 Å². The minimum absolute atomic E-state index is 0.0450. The van der Waals surface area contributed by atoms with E-state index in [2.05, 4.69) is 0 Å². The summed E-state index contributed by atoms with van der Waals surface area (Å²) in [7, 11) is -1.27. The van der Waals surface area contributed by atoms with Crippen molar-refractivity contribution in [1.29, 1.82) is 0 Å². The van der Waals surface area contributed by atoms with Crippen molar-refractivity contribution >= 4 is 27.9 Å². The zero-order valence-electron chi connectivity index (χ0n) is 11.2. The lowest BCUT2D eigenvalue weighted by atomic mass is 10.2. The Balaban J connectivity index is 2.15. The van der Waals surface area contributed by atoms with E-state index in [1.54, 1.807) is 0 Å². The Morgan fingerprint density at radius 1 is 1.16 bits per heavy atom. The topological polar surface area (TPSA) is 34.1 Å². The van der Waals surface area contributed by atoms with Crippen LogP contribution < -0.4 is 0 Å². The molecule has 0 aliphatic heterocycles. The van der Waals surface area contributed by atoms with Gasteiger partial charge in [0.05, 0.1) is 21.4 Å². The fourth-order valence-electron chi connectivity index (χ4n) is 1.91. The first-order valence-corrected chi connectivity index (χ1v) is 8.16. The first kappa shape index (κ1) is 14.2. The second-order valence-electron chi connectivity index (χ2n) is 4.59. The van der Waals surface area contributed by atoms with E-state index in [0.29, 0.717) is 4.88 Å². The molecule has 4 heteroatoms. The second-order valence-corrected chi connectivity index (χ2v) is 7.30. The lowest BCUT2D eigenvalue weighted by Crippen LogP contribution is -2.10. The molecule has 0 radical (unpaired) electrons. The maximum atomic E-state index is 12.3. The van der Waals surface area contributed by atoms with Gasteiger partial charge in [0.2, 0.25) is 0 Å². The molecule has 1 aromatic heterocycles. The molecule has 1 atom stereocenters. The largest absolute Gasteiger partial charge is 0.292 e. The number of ketones is 1. The van der Waals surface area contributed by atoms with Gasteiger partial charge in [0.25, 0.3) is 0 Å². The van der Waals surface area contributed by atoms with Crippen LogP contribution in [0.1, 0.15) is 25.7 Å². The summed E-state index contributed by atoms with van der Waals surface area (Å²) in [4.78, 5) is 14.6. The van der Waals surface area contributed by atoms with Gasteiger partial charge in [-0.15, -0.1) is 11.3 Å². The number of hydrogen-bond acceptors (Lipinski definition) is 3. The molecule has 100 valence electrons. The molecular formula is C15H16O2S2. The van der Waals surface area contributed by atoms with E-state index < -0.39 is 10.8 Å².